The maximum Gasteiger partial charge on any atom is 0.349 e. The number of hydrogen-bond donors (Lipinski definition) is 1. The third kappa shape index (κ3) is 1.87. The van der Waals surface area contributed by atoms with Gasteiger partial charge in [0.15, 0.2) is 0 Å². The zero-order valence-corrected chi connectivity index (χ0v) is 10.3. The Hall–Kier alpha value is -2.62. The Morgan fingerprint density at radius 1 is 1.05 bits per heavy atom. The van der Waals surface area contributed by atoms with Crippen LogP contribution in [0.15, 0.2) is 51.7 Å². The van der Waals surface area contributed by atoms with Crippen LogP contribution >= 0.6 is 0 Å². The van der Waals surface area contributed by atoms with E-state index < -0.39 is 11.5 Å². The van der Waals surface area contributed by atoms with Crippen molar-refractivity contribution in [1.29, 1.82) is 0 Å². The molecule has 1 amide bonds. The van der Waals surface area contributed by atoms with E-state index in [1.54, 1.807) is 12.1 Å². The zero-order chi connectivity index (χ0) is 13.4. The minimum Gasteiger partial charge on any atom is -0.422 e. The average molecular weight is 253 g/mol. The van der Waals surface area contributed by atoms with Gasteiger partial charge in [-0.15, -0.1) is 0 Å². The molecule has 0 aliphatic carbocycles. The van der Waals surface area contributed by atoms with Crippen LogP contribution in [0.1, 0.15) is 10.4 Å². The second-order valence-corrected chi connectivity index (χ2v) is 4.26. The first-order chi connectivity index (χ1) is 9.19. The summed E-state index contributed by atoms with van der Waals surface area (Å²) in [4.78, 5) is 23.3. The van der Waals surface area contributed by atoms with Crippen LogP contribution in [0.25, 0.3) is 21.7 Å². The van der Waals surface area contributed by atoms with Gasteiger partial charge in [0.2, 0.25) is 0 Å². The third-order valence-electron chi connectivity index (χ3n) is 3.07. The number of nitrogens with one attached hydrogen (secondary N) is 1. The van der Waals surface area contributed by atoms with Gasteiger partial charge in [0.1, 0.15) is 11.1 Å². The fourth-order valence-electron chi connectivity index (χ4n) is 2.10. The Kier molecular flexibility index (Phi) is 2.56. The molecule has 0 saturated carbocycles. The molecule has 0 bridgehead atoms. The summed E-state index contributed by atoms with van der Waals surface area (Å²) >= 11 is 0. The second kappa shape index (κ2) is 4.24. The van der Waals surface area contributed by atoms with E-state index in [1.807, 2.05) is 30.3 Å². The van der Waals surface area contributed by atoms with E-state index in [9.17, 15) is 9.59 Å². The van der Waals surface area contributed by atoms with Gasteiger partial charge in [-0.05, 0) is 29.0 Å². The zero-order valence-electron chi connectivity index (χ0n) is 10.3. The maximum atomic E-state index is 11.7. The molecule has 0 atom stereocenters. The molecule has 1 heterocycles. The van der Waals surface area contributed by atoms with Crippen molar-refractivity contribution in [3.63, 3.8) is 0 Å². The molecule has 0 saturated heterocycles. The standard InChI is InChI=1S/C15H11NO3/c1-16-14(17)12-7-11-6-9-4-2-3-5-10(9)8-13(11)19-15(12)18/h2-8H,1H3,(H,16,17). The predicted octanol–water partition coefficient (Wildman–Crippen LogP) is 2.31. The number of benzene rings is 2. The molecular formula is C15H11NO3. The molecule has 0 radical (unpaired) electrons. The summed E-state index contributed by atoms with van der Waals surface area (Å²) in [6, 6.07) is 13.0. The van der Waals surface area contributed by atoms with Gasteiger partial charge < -0.3 is 9.73 Å². The summed E-state index contributed by atoms with van der Waals surface area (Å²) in [6.07, 6.45) is 0. The summed E-state index contributed by atoms with van der Waals surface area (Å²) in [5.41, 5.74) is -0.122. The van der Waals surface area contributed by atoms with Crippen LogP contribution in [0.5, 0.6) is 0 Å². The fourth-order valence-corrected chi connectivity index (χ4v) is 2.10. The van der Waals surface area contributed by atoms with Gasteiger partial charge in [0, 0.05) is 12.4 Å². The lowest BCUT2D eigenvalue weighted by atomic mass is 10.1. The molecule has 3 aromatic rings. The summed E-state index contributed by atoms with van der Waals surface area (Å²) in [5.74, 6) is -0.441. The first-order valence-electron chi connectivity index (χ1n) is 5.88. The summed E-state index contributed by atoms with van der Waals surface area (Å²) in [5, 5.41) is 5.18. The largest absolute Gasteiger partial charge is 0.422 e. The number of amides is 1. The monoisotopic (exact) mass is 253 g/mol. The molecule has 1 N–H and O–H groups in total. The molecule has 0 spiro atoms. The van der Waals surface area contributed by atoms with Gasteiger partial charge in [-0.3, -0.25) is 4.79 Å². The molecule has 3 rings (SSSR count). The highest BCUT2D eigenvalue weighted by Crippen LogP contribution is 2.22. The van der Waals surface area contributed by atoms with Gasteiger partial charge in [-0.2, -0.15) is 0 Å². The Bertz CT molecular complexity index is 849. The number of carbonyl (C=O) groups is 1. The Morgan fingerprint density at radius 3 is 2.42 bits per heavy atom. The maximum absolute atomic E-state index is 11.7. The average Bonchev–Trinajstić information content (AvgIpc) is 2.43. The smallest absolute Gasteiger partial charge is 0.349 e. The van der Waals surface area contributed by atoms with Gasteiger partial charge in [-0.1, -0.05) is 24.3 Å². The number of fused-ring (bicyclic) bond motifs is 2. The second-order valence-electron chi connectivity index (χ2n) is 4.26. The SMILES string of the molecule is CNC(=O)c1cc2cc3ccccc3cc2oc1=O. The Morgan fingerprint density at radius 2 is 1.74 bits per heavy atom. The van der Waals surface area contributed by atoms with Crippen molar-refractivity contribution in [2.45, 2.75) is 0 Å². The van der Waals surface area contributed by atoms with Crippen molar-refractivity contribution in [2.24, 2.45) is 0 Å². The molecule has 0 fully saturated rings. The fraction of sp³-hybridized carbons (Fsp3) is 0.0667. The van der Waals surface area contributed by atoms with E-state index in [4.69, 9.17) is 4.42 Å². The summed E-state index contributed by atoms with van der Waals surface area (Å²) in [7, 11) is 1.48. The van der Waals surface area contributed by atoms with E-state index >= 15 is 0 Å². The number of rotatable bonds is 1. The van der Waals surface area contributed by atoms with Crippen LogP contribution in [-0.2, 0) is 0 Å². The summed E-state index contributed by atoms with van der Waals surface area (Å²) < 4.78 is 5.21. The highest BCUT2D eigenvalue weighted by molar-refractivity contribution is 6.00. The van der Waals surface area contributed by atoms with Crippen LogP contribution in [0, 0.1) is 0 Å². The van der Waals surface area contributed by atoms with Crippen molar-refractivity contribution < 1.29 is 9.21 Å². The van der Waals surface area contributed by atoms with Gasteiger partial charge in [0.05, 0.1) is 0 Å². The van der Waals surface area contributed by atoms with E-state index in [-0.39, 0.29) is 5.56 Å². The molecule has 4 heteroatoms. The molecule has 0 aliphatic rings. The van der Waals surface area contributed by atoms with E-state index in [0.717, 1.165) is 16.2 Å². The topological polar surface area (TPSA) is 59.3 Å². The van der Waals surface area contributed by atoms with Crippen molar-refractivity contribution in [1.82, 2.24) is 5.32 Å². The molecule has 0 unspecified atom stereocenters. The molecule has 94 valence electrons. The molecular weight excluding hydrogens is 242 g/mol. The molecule has 1 aromatic heterocycles. The molecule has 2 aromatic carbocycles. The van der Waals surface area contributed by atoms with Crippen molar-refractivity contribution >= 4 is 27.6 Å². The van der Waals surface area contributed by atoms with Crippen molar-refractivity contribution in [2.75, 3.05) is 7.05 Å². The summed E-state index contributed by atoms with van der Waals surface area (Å²) in [6.45, 7) is 0. The van der Waals surface area contributed by atoms with E-state index in [1.165, 1.54) is 7.05 Å². The van der Waals surface area contributed by atoms with Crippen LogP contribution < -0.4 is 10.9 Å². The predicted molar refractivity (Wildman–Crippen MR) is 73.4 cm³/mol. The first-order valence-corrected chi connectivity index (χ1v) is 5.88. The number of hydrogen-bond acceptors (Lipinski definition) is 3. The molecule has 19 heavy (non-hydrogen) atoms. The Balaban J connectivity index is 2.36. The highest BCUT2D eigenvalue weighted by Gasteiger charge is 2.12. The quantitative estimate of drug-likeness (QED) is 0.534. The van der Waals surface area contributed by atoms with Gasteiger partial charge in [0.25, 0.3) is 5.91 Å². The normalized spacial score (nSPS) is 10.8. The van der Waals surface area contributed by atoms with Gasteiger partial charge in [-0.25, -0.2) is 4.79 Å². The van der Waals surface area contributed by atoms with Crippen LogP contribution in [0.2, 0.25) is 0 Å². The Labute approximate surface area is 108 Å². The minimum atomic E-state index is -0.623. The van der Waals surface area contributed by atoms with E-state index in [2.05, 4.69) is 5.32 Å². The third-order valence-corrected chi connectivity index (χ3v) is 3.07. The minimum absolute atomic E-state index is 0.0188. The van der Waals surface area contributed by atoms with Gasteiger partial charge >= 0.3 is 5.63 Å². The van der Waals surface area contributed by atoms with Crippen molar-refractivity contribution in [3.8, 4) is 0 Å². The van der Waals surface area contributed by atoms with Crippen molar-refractivity contribution in [3.05, 3.63) is 58.4 Å². The van der Waals surface area contributed by atoms with Crippen LogP contribution in [0.4, 0.5) is 0 Å². The number of carbonyl (C=O) groups excluding carboxylic acids is 1. The van der Waals surface area contributed by atoms with Crippen LogP contribution in [-0.4, -0.2) is 13.0 Å². The van der Waals surface area contributed by atoms with E-state index in [0.29, 0.717) is 5.58 Å². The lowest BCUT2D eigenvalue weighted by Crippen LogP contribution is -2.24. The lowest BCUT2D eigenvalue weighted by molar-refractivity contribution is 0.0959. The molecule has 0 aliphatic heterocycles. The highest BCUT2D eigenvalue weighted by atomic mass is 16.4. The first kappa shape index (κ1) is 11.5. The molecule has 4 nitrogen and oxygen atoms in total. The lowest BCUT2D eigenvalue weighted by Gasteiger charge is -2.03. The van der Waals surface area contributed by atoms with Crippen LogP contribution in [0.3, 0.4) is 0 Å².